The van der Waals surface area contributed by atoms with Crippen LogP contribution in [0.3, 0.4) is 0 Å². The summed E-state index contributed by atoms with van der Waals surface area (Å²) in [5.74, 6) is -0.422. The van der Waals surface area contributed by atoms with Gasteiger partial charge in [-0.15, -0.1) is 0 Å². The van der Waals surface area contributed by atoms with E-state index in [0.717, 1.165) is 19.3 Å². The Kier molecular flexibility index (Phi) is 3.90. The molecule has 17 heavy (non-hydrogen) atoms. The summed E-state index contributed by atoms with van der Waals surface area (Å²) in [6, 6.07) is 0. The summed E-state index contributed by atoms with van der Waals surface area (Å²) in [5.41, 5.74) is -3.02. The lowest BCUT2D eigenvalue weighted by Crippen LogP contribution is -2.49. The van der Waals surface area contributed by atoms with E-state index in [0.29, 0.717) is 12.8 Å². The fraction of sp³-hybridized carbons (Fsp3) is 0.929. The molecule has 0 saturated heterocycles. The monoisotopic (exact) mass is 244 g/mol. The number of carbonyl (C=O) groups is 1. The first-order chi connectivity index (χ1) is 7.58. The highest BCUT2D eigenvalue weighted by Gasteiger charge is 2.52. The van der Waals surface area contributed by atoms with E-state index in [1.165, 1.54) is 0 Å². The Morgan fingerprint density at radius 1 is 1.06 bits per heavy atom. The van der Waals surface area contributed by atoms with Crippen molar-refractivity contribution in [1.82, 2.24) is 0 Å². The minimum absolute atomic E-state index is 0.422. The molecule has 0 aromatic heterocycles. The SMILES string of the molecule is CC(C)(C)OC(=O)C(C)(C)C1(F)CCCCC1. The van der Waals surface area contributed by atoms with Crippen LogP contribution in [-0.4, -0.2) is 17.2 Å². The first-order valence-electron chi connectivity index (χ1n) is 6.51. The number of hydrogen-bond acceptors (Lipinski definition) is 2. The van der Waals surface area contributed by atoms with Crippen LogP contribution < -0.4 is 0 Å². The van der Waals surface area contributed by atoms with Crippen LogP contribution in [0.5, 0.6) is 0 Å². The van der Waals surface area contributed by atoms with Crippen molar-refractivity contribution in [3.05, 3.63) is 0 Å². The molecule has 1 rings (SSSR count). The van der Waals surface area contributed by atoms with Gasteiger partial charge in [-0.05, 0) is 47.5 Å². The summed E-state index contributed by atoms with van der Waals surface area (Å²) in [7, 11) is 0. The topological polar surface area (TPSA) is 26.3 Å². The molecule has 3 heteroatoms. The number of alkyl halides is 1. The van der Waals surface area contributed by atoms with Crippen molar-refractivity contribution in [2.24, 2.45) is 5.41 Å². The lowest BCUT2D eigenvalue weighted by molar-refractivity contribution is -0.177. The Balaban J connectivity index is 2.82. The van der Waals surface area contributed by atoms with Gasteiger partial charge in [-0.2, -0.15) is 0 Å². The molecule has 0 bridgehead atoms. The number of carbonyl (C=O) groups excluding carboxylic acids is 1. The molecule has 1 fully saturated rings. The standard InChI is InChI=1S/C14H25FO2/c1-12(2,3)17-11(16)13(4,5)14(15)9-7-6-8-10-14/h6-10H2,1-5H3. The van der Waals surface area contributed by atoms with E-state index < -0.39 is 22.7 Å². The van der Waals surface area contributed by atoms with E-state index in [-0.39, 0.29) is 0 Å². The van der Waals surface area contributed by atoms with Crippen molar-refractivity contribution in [3.63, 3.8) is 0 Å². The molecule has 0 aromatic rings. The summed E-state index contributed by atoms with van der Waals surface area (Å²) >= 11 is 0. The first-order valence-corrected chi connectivity index (χ1v) is 6.51. The van der Waals surface area contributed by atoms with Crippen molar-refractivity contribution in [2.75, 3.05) is 0 Å². The summed E-state index contributed by atoms with van der Waals surface area (Å²) in [6.07, 6.45) is 3.74. The van der Waals surface area contributed by atoms with Gasteiger partial charge in [0, 0.05) is 0 Å². The van der Waals surface area contributed by atoms with Crippen LogP contribution >= 0.6 is 0 Å². The molecule has 1 aliphatic rings. The zero-order valence-electron chi connectivity index (χ0n) is 11.7. The van der Waals surface area contributed by atoms with Gasteiger partial charge >= 0.3 is 5.97 Å². The molecule has 0 atom stereocenters. The number of halogens is 1. The van der Waals surface area contributed by atoms with Crippen molar-refractivity contribution in [1.29, 1.82) is 0 Å². The molecule has 0 unspecified atom stereocenters. The highest BCUT2D eigenvalue weighted by Crippen LogP contribution is 2.46. The second-order valence-electron chi connectivity index (χ2n) is 6.65. The normalized spacial score (nSPS) is 21.1. The number of rotatable bonds is 2. The van der Waals surface area contributed by atoms with Gasteiger partial charge in [-0.3, -0.25) is 4.79 Å². The first kappa shape index (κ1) is 14.5. The smallest absolute Gasteiger partial charge is 0.315 e. The van der Waals surface area contributed by atoms with Crippen molar-refractivity contribution in [3.8, 4) is 0 Å². The maximum atomic E-state index is 14.9. The van der Waals surface area contributed by atoms with E-state index in [4.69, 9.17) is 4.74 Å². The second kappa shape index (κ2) is 4.58. The predicted octanol–water partition coefficient (Wildman–Crippen LogP) is 4.03. The summed E-state index contributed by atoms with van der Waals surface area (Å²) < 4.78 is 20.2. The average Bonchev–Trinajstić information content (AvgIpc) is 2.15. The highest BCUT2D eigenvalue weighted by molar-refractivity contribution is 5.78. The van der Waals surface area contributed by atoms with Crippen LogP contribution in [0.2, 0.25) is 0 Å². The van der Waals surface area contributed by atoms with Crippen LogP contribution in [0.15, 0.2) is 0 Å². The van der Waals surface area contributed by atoms with Gasteiger partial charge in [-0.25, -0.2) is 4.39 Å². The van der Waals surface area contributed by atoms with Gasteiger partial charge in [0.05, 0.1) is 5.41 Å². The van der Waals surface area contributed by atoms with Gasteiger partial charge in [0.2, 0.25) is 0 Å². The van der Waals surface area contributed by atoms with Crippen LogP contribution in [0.4, 0.5) is 4.39 Å². The van der Waals surface area contributed by atoms with Gasteiger partial charge < -0.3 is 4.74 Å². The maximum Gasteiger partial charge on any atom is 0.315 e. The third-order valence-corrected chi connectivity index (χ3v) is 3.68. The lowest BCUT2D eigenvalue weighted by atomic mass is 9.68. The Morgan fingerprint density at radius 3 is 1.94 bits per heavy atom. The van der Waals surface area contributed by atoms with Crippen molar-refractivity contribution in [2.45, 2.75) is 78.0 Å². The number of ether oxygens (including phenoxy) is 1. The molecule has 0 aromatic carbocycles. The van der Waals surface area contributed by atoms with Crippen LogP contribution in [-0.2, 0) is 9.53 Å². The van der Waals surface area contributed by atoms with Crippen LogP contribution in [0, 0.1) is 5.41 Å². The molecule has 0 aliphatic heterocycles. The maximum absolute atomic E-state index is 14.9. The zero-order valence-corrected chi connectivity index (χ0v) is 11.7. The van der Waals surface area contributed by atoms with E-state index in [9.17, 15) is 9.18 Å². The second-order valence-corrected chi connectivity index (χ2v) is 6.65. The highest BCUT2D eigenvalue weighted by atomic mass is 19.1. The van der Waals surface area contributed by atoms with Crippen molar-refractivity contribution < 1.29 is 13.9 Å². The van der Waals surface area contributed by atoms with E-state index >= 15 is 0 Å². The quantitative estimate of drug-likeness (QED) is 0.686. The summed E-state index contributed by atoms with van der Waals surface area (Å²) in [4.78, 5) is 12.1. The molecule has 100 valence electrons. The molecule has 1 aliphatic carbocycles. The molecule has 0 radical (unpaired) electrons. The molecule has 2 nitrogen and oxygen atoms in total. The third-order valence-electron chi connectivity index (χ3n) is 3.68. The minimum atomic E-state index is -1.41. The molecule has 0 amide bonds. The van der Waals surface area contributed by atoms with Crippen LogP contribution in [0.25, 0.3) is 0 Å². The summed E-state index contributed by atoms with van der Waals surface area (Å²) in [6.45, 7) is 8.78. The Hall–Kier alpha value is -0.600. The fourth-order valence-electron chi connectivity index (χ4n) is 2.33. The lowest BCUT2D eigenvalue weighted by Gasteiger charge is -2.42. The van der Waals surface area contributed by atoms with E-state index in [2.05, 4.69) is 0 Å². The third kappa shape index (κ3) is 3.20. The van der Waals surface area contributed by atoms with Gasteiger partial charge in [0.25, 0.3) is 0 Å². The average molecular weight is 244 g/mol. The molecular formula is C14H25FO2. The van der Waals surface area contributed by atoms with Gasteiger partial charge in [-0.1, -0.05) is 19.3 Å². The zero-order chi connectivity index (χ0) is 13.3. The number of esters is 1. The largest absolute Gasteiger partial charge is 0.459 e. The Labute approximate surface area is 104 Å². The number of hydrogen-bond donors (Lipinski definition) is 0. The van der Waals surface area contributed by atoms with Gasteiger partial charge in [0.1, 0.15) is 11.3 Å². The van der Waals surface area contributed by atoms with Crippen LogP contribution in [0.1, 0.15) is 66.7 Å². The van der Waals surface area contributed by atoms with E-state index in [1.807, 2.05) is 20.8 Å². The molecule has 0 N–H and O–H groups in total. The van der Waals surface area contributed by atoms with E-state index in [1.54, 1.807) is 13.8 Å². The molecule has 0 spiro atoms. The molecule has 0 heterocycles. The van der Waals surface area contributed by atoms with Crippen molar-refractivity contribution >= 4 is 5.97 Å². The predicted molar refractivity (Wildman–Crippen MR) is 66.6 cm³/mol. The Morgan fingerprint density at radius 2 is 1.53 bits per heavy atom. The fourth-order valence-corrected chi connectivity index (χ4v) is 2.33. The van der Waals surface area contributed by atoms with Gasteiger partial charge in [0.15, 0.2) is 0 Å². The minimum Gasteiger partial charge on any atom is -0.459 e. The molecular weight excluding hydrogens is 219 g/mol. The summed E-state index contributed by atoms with van der Waals surface area (Å²) in [5, 5.41) is 0. The molecule has 1 saturated carbocycles. The Bertz CT molecular complexity index is 283.